The monoisotopic (exact) mass is 375 g/mol. The number of carbonyl (C=O) groups excluding carboxylic acids is 1. The number of aromatic nitrogens is 1. The second-order valence-electron chi connectivity index (χ2n) is 5.55. The Labute approximate surface area is 143 Å². The first-order valence-electron chi connectivity index (χ1n) is 7.54. The summed E-state index contributed by atoms with van der Waals surface area (Å²) >= 11 is 3.38. The molecule has 1 N–H and O–H groups in total. The number of amides is 1. The molecule has 0 spiro atoms. The number of nitrogens with zero attached hydrogens (tertiary/aromatic N) is 2. The van der Waals surface area contributed by atoms with Gasteiger partial charge in [-0.05, 0) is 37.3 Å². The summed E-state index contributed by atoms with van der Waals surface area (Å²) in [5.41, 5.74) is 0.585. The molecule has 1 aromatic carbocycles. The summed E-state index contributed by atoms with van der Waals surface area (Å²) in [5, 5.41) is 3.33. The predicted molar refractivity (Wildman–Crippen MR) is 91.8 cm³/mol. The molecule has 1 aromatic heterocycles. The zero-order valence-corrected chi connectivity index (χ0v) is 14.4. The van der Waals surface area contributed by atoms with Gasteiger partial charge in [-0.25, -0.2) is 4.98 Å². The van der Waals surface area contributed by atoms with E-state index in [0.29, 0.717) is 23.2 Å². The van der Waals surface area contributed by atoms with Crippen molar-refractivity contribution in [1.29, 1.82) is 0 Å². The molecule has 1 fully saturated rings. The molecule has 3 rings (SSSR count). The molecule has 0 bridgehead atoms. The van der Waals surface area contributed by atoms with Gasteiger partial charge in [0.25, 0.3) is 5.91 Å². The Morgan fingerprint density at radius 3 is 2.74 bits per heavy atom. The molecule has 120 valence electrons. The minimum Gasteiger partial charge on any atom is -0.439 e. The molecule has 23 heavy (non-hydrogen) atoms. The van der Waals surface area contributed by atoms with Gasteiger partial charge in [-0.2, -0.15) is 0 Å². The molecule has 5 nitrogen and oxygen atoms in total. The van der Waals surface area contributed by atoms with E-state index in [9.17, 15) is 4.79 Å². The number of pyridine rings is 1. The van der Waals surface area contributed by atoms with Gasteiger partial charge in [-0.3, -0.25) is 4.79 Å². The second-order valence-corrected chi connectivity index (χ2v) is 6.46. The van der Waals surface area contributed by atoms with Gasteiger partial charge in [0, 0.05) is 42.4 Å². The lowest BCUT2D eigenvalue weighted by molar-refractivity contribution is 0.0708. The number of nitrogens with one attached hydrogen (secondary N) is 1. The molecule has 0 saturated carbocycles. The van der Waals surface area contributed by atoms with E-state index >= 15 is 0 Å². The maximum Gasteiger partial charge on any atom is 0.255 e. The van der Waals surface area contributed by atoms with Gasteiger partial charge in [0.2, 0.25) is 5.88 Å². The third-order valence-corrected chi connectivity index (χ3v) is 4.20. The average molecular weight is 376 g/mol. The SMILES string of the molecule is CC1CN(C(=O)c2ccc(Oc3ccc(Br)cc3)nc2)CCN1. The minimum absolute atomic E-state index is 0.0149. The van der Waals surface area contributed by atoms with E-state index in [4.69, 9.17) is 4.74 Å². The average Bonchev–Trinajstić information content (AvgIpc) is 2.57. The maximum absolute atomic E-state index is 12.5. The molecule has 1 amide bonds. The number of rotatable bonds is 3. The van der Waals surface area contributed by atoms with Crippen LogP contribution in [-0.2, 0) is 0 Å². The summed E-state index contributed by atoms with van der Waals surface area (Å²) in [5.74, 6) is 1.19. The Morgan fingerprint density at radius 2 is 2.09 bits per heavy atom. The molecule has 6 heteroatoms. The quantitative estimate of drug-likeness (QED) is 0.895. The van der Waals surface area contributed by atoms with Crippen LogP contribution in [0.4, 0.5) is 0 Å². The highest BCUT2D eigenvalue weighted by Gasteiger charge is 2.21. The first-order chi connectivity index (χ1) is 11.1. The molecule has 1 aliphatic rings. The van der Waals surface area contributed by atoms with Crippen LogP contribution in [0.25, 0.3) is 0 Å². The highest BCUT2D eigenvalue weighted by molar-refractivity contribution is 9.10. The Kier molecular flexibility index (Phi) is 4.93. The van der Waals surface area contributed by atoms with Crippen LogP contribution in [-0.4, -0.2) is 41.5 Å². The van der Waals surface area contributed by atoms with Crippen LogP contribution in [0, 0.1) is 0 Å². The Morgan fingerprint density at radius 1 is 1.30 bits per heavy atom. The van der Waals surface area contributed by atoms with Crippen molar-refractivity contribution in [3.8, 4) is 11.6 Å². The van der Waals surface area contributed by atoms with E-state index in [1.54, 1.807) is 18.3 Å². The molecule has 2 heterocycles. The van der Waals surface area contributed by atoms with Gasteiger partial charge < -0.3 is 15.0 Å². The molecular formula is C17H18BrN3O2. The van der Waals surface area contributed by atoms with Crippen molar-refractivity contribution in [2.75, 3.05) is 19.6 Å². The van der Waals surface area contributed by atoms with Crippen LogP contribution in [0.15, 0.2) is 47.1 Å². The highest BCUT2D eigenvalue weighted by Crippen LogP contribution is 2.22. The topological polar surface area (TPSA) is 54.5 Å². The third-order valence-electron chi connectivity index (χ3n) is 3.68. The van der Waals surface area contributed by atoms with Crippen molar-refractivity contribution < 1.29 is 9.53 Å². The normalized spacial score (nSPS) is 17.8. The Balaban J connectivity index is 1.66. The van der Waals surface area contributed by atoms with Crippen molar-refractivity contribution >= 4 is 21.8 Å². The van der Waals surface area contributed by atoms with E-state index in [2.05, 4.69) is 33.2 Å². The van der Waals surface area contributed by atoms with Crippen molar-refractivity contribution in [3.05, 3.63) is 52.6 Å². The number of piperazine rings is 1. The van der Waals surface area contributed by atoms with Crippen molar-refractivity contribution in [3.63, 3.8) is 0 Å². The maximum atomic E-state index is 12.5. The van der Waals surface area contributed by atoms with Gasteiger partial charge in [0.15, 0.2) is 0 Å². The predicted octanol–water partition coefficient (Wildman–Crippen LogP) is 3.07. The van der Waals surface area contributed by atoms with E-state index in [1.807, 2.05) is 29.2 Å². The zero-order chi connectivity index (χ0) is 16.2. The first-order valence-corrected chi connectivity index (χ1v) is 8.33. The molecule has 2 aromatic rings. The molecule has 1 atom stereocenters. The standard InChI is InChI=1S/C17H18BrN3O2/c1-12-11-21(9-8-19-12)17(22)13-2-7-16(20-10-13)23-15-5-3-14(18)4-6-15/h2-7,10,12,19H,8-9,11H2,1H3. The van der Waals surface area contributed by atoms with Gasteiger partial charge in [0.05, 0.1) is 5.56 Å². The summed E-state index contributed by atoms with van der Waals surface area (Å²) < 4.78 is 6.65. The molecule has 1 aliphatic heterocycles. The molecule has 1 saturated heterocycles. The molecule has 0 radical (unpaired) electrons. The van der Waals surface area contributed by atoms with Crippen LogP contribution >= 0.6 is 15.9 Å². The second kappa shape index (κ2) is 7.10. The van der Waals surface area contributed by atoms with Crippen LogP contribution in [0.1, 0.15) is 17.3 Å². The van der Waals surface area contributed by atoms with Crippen LogP contribution in [0.3, 0.4) is 0 Å². The fraction of sp³-hybridized carbons (Fsp3) is 0.294. The van der Waals surface area contributed by atoms with Crippen molar-refractivity contribution in [2.24, 2.45) is 0 Å². The molecular weight excluding hydrogens is 358 g/mol. The Bertz CT molecular complexity index is 673. The number of carbonyl (C=O) groups is 1. The lowest BCUT2D eigenvalue weighted by atomic mass is 10.2. The Hall–Kier alpha value is -1.92. The lowest BCUT2D eigenvalue weighted by Crippen LogP contribution is -2.51. The zero-order valence-electron chi connectivity index (χ0n) is 12.8. The van der Waals surface area contributed by atoms with E-state index < -0.39 is 0 Å². The van der Waals surface area contributed by atoms with E-state index in [0.717, 1.165) is 24.1 Å². The summed E-state index contributed by atoms with van der Waals surface area (Å²) in [6, 6.07) is 11.3. The highest BCUT2D eigenvalue weighted by atomic mass is 79.9. The molecule has 0 aliphatic carbocycles. The van der Waals surface area contributed by atoms with Crippen LogP contribution in [0.2, 0.25) is 0 Å². The smallest absolute Gasteiger partial charge is 0.255 e. The summed E-state index contributed by atoms with van der Waals surface area (Å²) in [7, 11) is 0. The van der Waals surface area contributed by atoms with Crippen molar-refractivity contribution in [1.82, 2.24) is 15.2 Å². The number of benzene rings is 1. The summed E-state index contributed by atoms with van der Waals surface area (Å²) in [4.78, 5) is 18.6. The van der Waals surface area contributed by atoms with Crippen molar-refractivity contribution in [2.45, 2.75) is 13.0 Å². The van der Waals surface area contributed by atoms with Gasteiger partial charge in [-0.1, -0.05) is 15.9 Å². The van der Waals surface area contributed by atoms with E-state index in [1.165, 1.54) is 0 Å². The minimum atomic E-state index is 0.0149. The van der Waals surface area contributed by atoms with Crippen LogP contribution in [0.5, 0.6) is 11.6 Å². The fourth-order valence-electron chi connectivity index (χ4n) is 2.49. The van der Waals surface area contributed by atoms with Gasteiger partial charge in [-0.15, -0.1) is 0 Å². The van der Waals surface area contributed by atoms with Crippen LogP contribution < -0.4 is 10.1 Å². The summed E-state index contributed by atoms with van der Waals surface area (Å²) in [6.45, 7) is 4.34. The number of halogens is 1. The first kappa shape index (κ1) is 16.0. The number of ether oxygens (including phenoxy) is 1. The molecule has 1 unspecified atom stereocenters. The van der Waals surface area contributed by atoms with Gasteiger partial charge in [0.1, 0.15) is 5.75 Å². The number of hydrogen-bond donors (Lipinski definition) is 1. The summed E-state index contributed by atoms with van der Waals surface area (Å²) in [6.07, 6.45) is 1.57. The van der Waals surface area contributed by atoms with Gasteiger partial charge >= 0.3 is 0 Å². The third kappa shape index (κ3) is 4.09. The largest absolute Gasteiger partial charge is 0.439 e. The van der Waals surface area contributed by atoms with E-state index in [-0.39, 0.29) is 5.91 Å². The fourth-order valence-corrected chi connectivity index (χ4v) is 2.75. The number of hydrogen-bond acceptors (Lipinski definition) is 4. The lowest BCUT2D eigenvalue weighted by Gasteiger charge is -2.31.